The second-order valence-corrected chi connectivity index (χ2v) is 8.12. The van der Waals surface area contributed by atoms with Gasteiger partial charge in [-0.05, 0) is 30.6 Å². The van der Waals surface area contributed by atoms with E-state index in [0.29, 0.717) is 24.7 Å². The summed E-state index contributed by atoms with van der Waals surface area (Å²) >= 11 is 0. The third-order valence-corrected chi connectivity index (χ3v) is 4.28. The number of hydrogen-bond acceptors (Lipinski definition) is 4. The second kappa shape index (κ2) is 9.11. The molecule has 1 rings (SSSR count). The van der Waals surface area contributed by atoms with Crippen molar-refractivity contribution in [2.24, 2.45) is 23.7 Å². The van der Waals surface area contributed by atoms with Crippen molar-refractivity contribution < 1.29 is 19.2 Å². The van der Waals surface area contributed by atoms with Gasteiger partial charge in [-0.1, -0.05) is 41.5 Å². The smallest absolute Gasteiger partial charge is 0.298 e. The van der Waals surface area contributed by atoms with E-state index in [-0.39, 0.29) is 31.2 Å². The average molecular weight is 352 g/mol. The Morgan fingerprint density at radius 1 is 0.800 bits per heavy atom. The molecule has 25 heavy (non-hydrogen) atoms. The fourth-order valence-corrected chi connectivity index (χ4v) is 2.73. The number of urea groups is 1. The van der Waals surface area contributed by atoms with E-state index in [1.54, 1.807) is 0 Å². The molecular weight excluding hydrogens is 320 g/mol. The van der Waals surface area contributed by atoms with E-state index in [0.717, 1.165) is 9.80 Å². The molecule has 6 nitrogen and oxygen atoms in total. The maximum absolute atomic E-state index is 12.7. The van der Waals surface area contributed by atoms with Crippen molar-refractivity contribution in [1.82, 2.24) is 9.80 Å². The number of nitrogens with zero attached hydrogens (tertiary/aromatic N) is 2. The van der Waals surface area contributed by atoms with Crippen molar-refractivity contribution in [3.63, 3.8) is 0 Å². The number of barbiturate groups is 1. The van der Waals surface area contributed by atoms with Gasteiger partial charge in [-0.2, -0.15) is 0 Å². The zero-order chi connectivity index (χ0) is 19.3. The molecule has 0 aromatic rings. The van der Waals surface area contributed by atoms with Gasteiger partial charge in [-0.3, -0.25) is 24.2 Å². The number of ketones is 1. The van der Waals surface area contributed by atoms with Gasteiger partial charge in [0.1, 0.15) is 0 Å². The van der Waals surface area contributed by atoms with Crippen LogP contribution < -0.4 is 0 Å². The maximum Gasteiger partial charge on any atom is 0.333 e. The number of imide groups is 2. The molecule has 0 N–H and O–H groups in total. The van der Waals surface area contributed by atoms with Gasteiger partial charge in [-0.25, -0.2) is 4.79 Å². The highest BCUT2D eigenvalue weighted by Crippen LogP contribution is 2.23. The quantitative estimate of drug-likeness (QED) is 0.598. The van der Waals surface area contributed by atoms with Crippen LogP contribution in [0.15, 0.2) is 0 Å². The molecule has 0 radical (unpaired) electrons. The first kappa shape index (κ1) is 21.3. The summed E-state index contributed by atoms with van der Waals surface area (Å²) in [4.78, 5) is 52.8. The molecule has 4 amide bonds. The Morgan fingerprint density at radius 2 is 1.20 bits per heavy atom. The maximum atomic E-state index is 12.7. The number of Topliss-reactive ketones (excluding diaryl/α,β-unsaturated/α-hetero) is 1. The topological polar surface area (TPSA) is 74.8 Å². The predicted molar refractivity (Wildman–Crippen MR) is 95.7 cm³/mol. The Kier molecular flexibility index (Phi) is 7.77. The molecule has 0 aromatic carbocycles. The lowest BCUT2D eigenvalue weighted by molar-refractivity contribution is -0.153. The van der Waals surface area contributed by atoms with Crippen molar-refractivity contribution in [3.8, 4) is 0 Å². The van der Waals surface area contributed by atoms with Gasteiger partial charge in [0.15, 0.2) is 11.7 Å². The van der Waals surface area contributed by atoms with E-state index >= 15 is 0 Å². The first-order valence-electron chi connectivity index (χ1n) is 9.25. The molecule has 0 spiro atoms. The molecule has 1 fully saturated rings. The monoisotopic (exact) mass is 352 g/mol. The molecule has 0 aromatic heterocycles. The van der Waals surface area contributed by atoms with E-state index in [1.165, 1.54) is 0 Å². The van der Waals surface area contributed by atoms with Crippen LogP contribution in [0, 0.1) is 23.7 Å². The van der Waals surface area contributed by atoms with Crippen LogP contribution in [-0.4, -0.2) is 46.5 Å². The minimum atomic E-state index is -1.36. The molecule has 0 saturated carbocycles. The summed E-state index contributed by atoms with van der Waals surface area (Å²) in [6.45, 7) is 12.2. The van der Waals surface area contributed by atoms with Gasteiger partial charge in [0.2, 0.25) is 0 Å². The molecule has 1 aliphatic rings. The molecule has 0 aliphatic carbocycles. The van der Waals surface area contributed by atoms with E-state index in [1.807, 2.05) is 41.5 Å². The van der Waals surface area contributed by atoms with Crippen LogP contribution in [0.3, 0.4) is 0 Å². The lowest BCUT2D eigenvalue weighted by Gasteiger charge is -2.37. The summed E-state index contributed by atoms with van der Waals surface area (Å²) < 4.78 is 0. The lowest BCUT2D eigenvalue weighted by atomic mass is 9.91. The van der Waals surface area contributed by atoms with Crippen molar-refractivity contribution >= 4 is 23.6 Å². The molecule has 0 unspecified atom stereocenters. The highest BCUT2D eigenvalue weighted by atomic mass is 16.2. The first-order valence-corrected chi connectivity index (χ1v) is 9.25. The summed E-state index contributed by atoms with van der Waals surface area (Å²) in [5.41, 5.74) is 0. The van der Waals surface area contributed by atoms with Crippen molar-refractivity contribution in [2.75, 3.05) is 13.1 Å². The minimum Gasteiger partial charge on any atom is -0.298 e. The Morgan fingerprint density at radius 3 is 1.52 bits per heavy atom. The zero-order valence-electron chi connectivity index (χ0n) is 16.4. The average Bonchev–Trinajstić information content (AvgIpc) is 2.45. The Bertz CT molecular complexity index is 492. The van der Waals surface area contributed by atoms with E-state index in [9.17, 15) is 19.2 Å². The van der Waals surface area contributed by atoms with Crippen LogP contribution in [0.2, 0.25) is 0 Å². The zero-order valence-corrected chi connectivity index (χ0v) is 16.4. The summed E-state index contributed by atoms with van der Waals surface area (Å²) in [6, 6.07) is -0.579. The third-order valence-electron chi connectivity index (χ3n) is 4.28. The fraction of sp³-hybridized carbons (Fsp3) is 0.789. The Labute approximate surface area is 150 Å². The van der Waals surface area contributed by atoms with Crippen LogP contribution in [0.5, 0.6) is 0 Å². The number of carbonyl (C=O) groups is 4. The summed E-state index contributed by atoms with van der Waals surface area (Å²) in [7, 11) is 0. The highest BCUT2D eigenvalue weighted by Gasteiger charge is 2.48. The fourth-order valence-electron chi connectivity index (χ4n) is 2.73. The first-order chi connectivity index (χ1) is 11.6. The summed E-state index contributed by atoms with van der Waals surface area (Å²) in [5.74, 6) is -2.37. The van der Waals surface area contributed by atoms with Gasteiger partial charge in [0.05, 0.1) is 0 Å². The van der Waals surface area contributed by atoms with Gasteiger partial charge >= 0.3 is 6.03 Å². The largest absolute Gasteiger partial charge is 0.333 e. The Balaban J connectivity index is 3.09. The van der Waals surface area contributed by atoms with Gasteiger partial charge in [0.25, 0.3) is 11.8 Å². The van der Waals surface area contributed by atoms with Crippen molar-refractivity contribution in [2.45, 2.75) is 60.8 Å². The standard InChI is InChI=1S/C19H32N2O4/c1-12(2)7-9-20-17(23)16(15(22)11-14(5)6)18(24)21(19(20)25)10-8-13(3)4/h12-14,16H,7-11H2,1-6H3. The van der Waals surface area contributed by atoms with Crippen LogP contribution in [0.25, 0.3) is 0 Å². The predicted octanol–water partition coefficient (Wildman–Crippen LogP) is 3.10. The molecular formula is C19H32N2O4. The molecule has 1 saturated heterocycles. The molecule has 1 aliphatic heterocycles. The number of amides is 4. The lowest BCUT2D eigenvalue weighted by Crippen LogP contribution is -2.62. The number of hydrogen-bond donors (Lipinski definition) is 0. The van der Waals surface area contributed by atoms with Crippen LogP contribution >= 0.6 is 0 Å². The SMILES string of the molecule is CC(C)CCN1C(=O)C(C(=O)CC(C)C)C(=O)N(CCC(C)C)C1=O. The number of rotatable bonds is 9. The summed E-state index contributed by atoms with van der Waals surface area (Å²) in [5, 5.41) is 0. The molecule has 1 heterocycles. The molecule has 142 valence electrons. The third kappa shape index (κ3) is 5.65. The van der Waals surface area contributed by atoms with Crippen LogP contribution in [0.1, 0.15) is 60.8 Å². The van der Waals surface area contributed by atoms with E-state index in [4.69, 9.17) is 0 Å². The van der Waals surface area contributed by atoms with E-state index in [2.05, 4.69) is 0 Å². The minimum absolute atomic E-state index is 0.0546. The van der Waals surface area contributed by atoms with Crippen molar-refractivity contribution in [3.05, 3.63) is 0 Å². The summed E-state index contributed by atoms with van der Waals surface area (Å²) in [6.07, 6.45) is 1.45. The number of carbonyl (C=O) groups excluding carboxylic acids is 4. The molecule has 6 heteroatoms. The van der Waals surface area contributed by atoms with Gasteiger partial charge in [-0.15, -0.1) is 0 Å². The van der Waals surface area contributed by atoms with Crippen LogP contribution in [-0.2, 0) is 14.4 Å². The van der Waals surface area contributed by atoms with Crippen molar-refractivity contribution in [1.29, 1.82) is 0 Å². The normalized spacial score (nSPS) is 16.8. The van der Waals surface area contributed by atoms with E-state index < -0.39 is 23.8 Å². The molecule has 0 atom stereocenters. The van der Waals surface area contributed by atoms with Gasteiger partial charge in [0, 0.05) is 19.5 Å². The second-order valence-electron chi connectivity index (χ2n) is 8.12. The molecule has 0 bridgehead atoms. The highest BCUT2D eigenvalue weighted by molar-refractivity contribution is 6.26. The Hall–Kier alpha value is -1.72. The van der Waals surface area contributed by atoms with Gasteiger partial charge < -0.3 is 0 Å². The van der Waals surface area contributed by atoms with Crippen LogP contribution in [0.4, 0.5) is 4.79 Å².